The molecule has 1 aromatic heterocycles. The zero-order valence-corrected chi connectivity index (χ0v) is 8.32. The van der Waals surface area contributed by atoms with E-state index in [0.717, 1.165) is 11.4 Å². The van der Waals surface area contributed by atoms with Gasteiger partial charge >= 0.3 is 0 Å². The van der Waals surface area contributed by atoms with Crippen molar-refractivity contribution in [2.24, 2.45) is 0 Å². The molecule has 1 heterocycles. The van der Waals surface area contributed by atoms with E-state index in [9.17, 15) is 4.79 Å². The Morgan fingerprint density at radius 2 is 2.67 bits per heavy atom. The van der Waals surface area contributed by atoms with Gasteiger partial charge in [-0.25, -0.2) is 4.98 Å². The van der Waals surface area contributed by atoms with E-state index in [0.29, 0.717) is 0 Å². The lowest BCUT2D eigenvalue weighted by molar-refractivity contribution is -0.109. The Bertz CT molecular complexity index is 267. The molecule has 1 rings (SSSR count). The number of nitrogens with zero attached hydrogens (tertiary/aromatic N) is 1. The molecule has 0 aliphatic carbocycles. The lowest BCUT2D eigenvalue weighted by Crippen LogP contribution is -1.81. The average Bonchev–Trinajstić information content (AvgIpc) is 2.49. The second-order valence-corrected chi connectivity index (χ2v) is 4.03. The van der Waals surface area contributed by atoms with Crippen LogP contribution in [0.2, 0.25) is 0 Å². The summed E-state index contributed by atoms with van der Waals surface area (Å²) in [5.74, 6) is 0.729. The van der Waals surface area contributed by atoms with Gasteiger partial charge in [-0.15, -0.1) is 11.3 Å². The summed E-state index contributed by atoms with van der Waals surface area (Å²) in [5.41, 5.74) is 2.75. The van der Waals surface area contributed by atoms with Crippen molar-refractivity contribution in [2.45, 2.75) is 6.92 Å². The molecule has 0 radical (unpaired) electrons. The van der Waals surface area contributed by atoms with Gasteiger partial charge in [0.1, 0.15) is 0 Å². The molecule has 0 amide bonds. The Morgan fingerprint density at radius 3 is 3.25 bits per heavy atom. The molecule has 0 fully saturated rings. The van der Waals surface area contributed by atoms with Crippen molar-refractivity contribution in [3.8, 4) is 0 Å². The SMILES string of the molecule is CC(=O)SCC=Cc1cscn1. The minimum atomic E-state index is 0.151. The molecule has 2 nitrogen and oxygen atoms in total. The molecule has 4 heteroatoms. The van der Waals surface area contributed by atoms with Crippen LogP contribution >= 0.6 is 23.1 Å². The second kappa shape index (κ2) is 5.11. The third-order valence-electron chi connectivity index (χ3n) is 1.12. The first-order chi connectivity index (χ1) is 5.79. The van der Waals surface area contributed by atoms with E-state index in [1.54, 1.807) is 23.8 Å². The Labute approximate surface area is 79.7 Å². The first-order valence-electron chi connectivity index (χ1n) is 3.47. The maximum Gasteiger partial charge on any atom is 0.186 e. The van der Waals surface area contributed by atoms with Crippen molar-refractivity contribution in [1.82, 2.24) is 4.98 Å². The van der Waals surface area contributed by atoms with Gasteiger partial charge in [0.15, 0.2) is 5.12 Å². The van der Waals surface area contributed by atoms with Crippen LogP contribution in [-0.2, 0) is 4.79 Å². The van der Waals surface area contributed by atoms with Crippen molar-refractivity contribution in [3.05, 3.63) is 22.7 Å². The fraction of sp³-hybridized carbons (Fsp3) is 0.250. The zero-order chi connectivity index (χ0) is 8.81. The van der Waals surface area contributed by atoms with Gasteiger partial charge in [0, 0.05) is 18.1 Å². The van der Waals surface area contributed by atoms with Crippen LogP contribution in [0.25, 0.3) is 6.08 Å². The third kappa shape index (κ3) is 3.69. The average molecular weight is 199 g/mol. The Kier molecular flexibility index (Phi) is 4.04. The highest BCUT2D eigenvalue weighted by Crippen LogP contribution is 2.05. The topological polar surface area (TPSA) is 30.0 Å². The molecular formula is C8H9NOS2. The number of hydrogen-bond donors (Lipinski definition) is 0. The minimum absolute atomic E-state index is 0.151. The van der Waals surface area contributed by atoms with Gasteiger partial charge in [-0.2, -0.15) is 0 Å². The summed E-state index contributed by atoms with van der Waals surface area (Å²) in [6.45, 7) is 1.57. The highest BCUT2D eigenvalue weighted by Gasteiger charge is 1.90. The molecule has 0 saturated heterocycles. The van der Waals surface area contributed by atoms with Crippen LogP contribution in [0.3, 0.4) is 0 Å². The molecular weight excluding hydrogens is 190 g/mol. The van der Waals surface area contributed by atoms with Crippen LogP contribution in [0.5, 0.6) is 0 Å². The molecule has 0 spiro atoms. The maximum atomic E-state index is 10.5. The monoisotopic (exact) mass is 199 g/mol. The standard InChI is InChI=1S/C8H9NOS2/c1-7(10)12-4-2-3-8-5-11-6-9-8/h2-3,5-6H,4H2,1H3. The second-order valence-electron chi connectivity index (χ2n) is 2.12. The van der Waals surface area contributed by atoms with Gasteiger partial charge in [0.25, 0.3) is 0 Å². The number of carbonyl (C=O) groups is 1. The van der Waals surface area contributed by atoms with E-state index in [2.05, 4.69) is 4.98 Å². The van der Waals surface area contributed by atoms with Gasteiger partial charge in [-0.3, -0.25) is 4.79 Å². The Morgan fingerprint density at radius 1 is 1.83 bits per heavy atom. The number of aromatic nitrogens is 1. The molecule has 0 unspecified atom stereocenters. The summed E-state index contributed by atoms with van der Waals surface area (Å²) < 4.78 is 0. The highest BCUT2D eigenvalue weighted by atomic mass is 32.2. The van der Waals surface area contributed by atoms with Crippen molar-refractivity contribution >= 4 is 34.3 Å². The number of thiazole rings is 1. The van der Waals surface area contributed by atoms with Crippen LogP contribution in [0.4, 0.5) is 0 Å². The number of hydrogen-bond acceptors (Lipinski definition) is 4. The quantitative estimate of drug-likeness (QED) is 0.749. The number of rotatable bonds is 3. The molecule has 0 aliphatic rings. The largest absolute Gasteiger partial charge is 0.288 e. The highest BCUT2D eigenvalue weighted by molar-refractivity contribution is 8.13. The Hall–Kier alpha value is -0.610. The van der Waals surface area contributed by atoms with E-state index in [-0.39, 0.29) is 5.12 Å². The molecule has 1 aromatic rings. The van der Waals surface area contributed by atoms with Gasteiger partial charge in [-0.1, -0.05) is 17.8 Å². The molecule has 12 heavy (non-hydrogen) atoms. The van der Waals surface area contributed by atoms with Crippen LogP contribution in [0.15, 0.2) is 17.0 Å². The fourth-order valence-electron chi connectivity index (χ4n) is 0.638. The summed E-state index contributed by atoms with van der Waals surface area (Å²) >= 11 is 2.87. The zero-order valence-electron chi connectivity index (χ0n) is 6.69. The summed E-state index contributed by atoms with van der Waals surface area (Å²) in [5, 5.41) is 2.12. The first-order valence-corrected chi connectivity index (χ1v) is 5.40. The third-order valence-corrected chi connectivity index (χ3v) is 2.49. The van der Waals surface area contributed by atoms with E-state index >= 15 is 0 Å². The molecule has 0 N–H and O–H groups in total. The predicted molar refractivity (Wildman–Crippen MR) is 54.3 cm³/mol. The van der Waals surface area contributed by atoms with Crippen LogP contribution in [-0.4, -0.2) is 15.9 Å². The van der Waals surface area contributed by atoms with Crippen molar-refractivity contribution in [2.75, 3.05) is 5.75 Å². The van der Waals surface area contributed by atoms with Crippen molar-refractivity contribution in [3.63, 3.8) is 0 Å². The smallest absolute Gasteiger partial charge is 0.186 e. The summed E-state index contributed by atoms with van der Waals surface area (Å²) in [6, 6.07) is 0. The predicted octanol–water partition coefficient (Wildman–Crippen LogP) is 2.44. The molecule has 0 aliphatic heterocycles. The molecule has 0 bridgehead atoms. The van der Waals surface area contributed by atoms with E-state index in [1.165, 1.54) is 11.8 Å². The van der Waals surface area contributed by atoms with E-state index in [4.69, 9.17) is 0 Å². The summed E-state index contributed by atoms with van der Waals surface area (Å²) in [4.78, 5) is 14.6. The van der Waals surface area contributed by atoms with Crippen molar-refractivity contribution < 1.29 is 4.79 Å². The summed E-state index contributed by atoms with van der Waals surface area (Å²) in [7, 11) is 0. The summed E-state index contributed by atoms with van der Waals surface area (Å²) in [6.07, 6.45) is 3.87. The Balaban J connectivity index is 2.27. The molecule has 64 valence electrons. The van der Waals surface area contributed by atoms with Gasteiger partial charge in [0.2, 0.25) is 0 Å². The maximum absolute atomic E-state index is 10.5. The fourth-order valence-corrected chi connectivity index (χ4v) is 1.59. The normalized spacial score (nSPS) is 10.8. The lowest BCUT2D eigenvalue weighted by Gasteiger charge is -1.86. The van der Waals surface area contributed by atoms with E-state index in [1.807, 2.05) is 17.5 Å². The molecule has 0 atom stereocenters. The van der Waals surface area contributed by atoms with Gasteiger partial charge < -0.3 is 0 Å². The molecule has 0 aromatic carbocycles. The van der Waals surface area contributed by atoms with Crippen LogP contribution < -0.4 is 0 Å². The van der Waals surface area contributed by atoms with Gasteiger partial charge in [0.05, 0.1) is 11.2 Å². The van der Waals surface area contributed by atoms with Gasteiger partial charge in [-0.05, 0) is 6.08 Å². The van der Waals surface area contributed by atoms with E-state index < -0.39 is 0 Å². The molecule has 0 saturated carbocycles. The van der Waals surface area contributed by atoms with Crippen molar-refractivity contribution in [1.29, 1.82) is 0 Å². The van der Waals surface area contributed by atoms with Crippen LogP contribution in [0.1, 0.15) is 12.6 Å². The first kappa shape index (κ1) is 9.48. The minimum Gasteiger partial charge on any atom is -0.288 e. The number of thioether (sulfide) groups is 1. The van der Waals surface area contributed by atoms with Crippen LogP contribution in [0, 0.1) is 0 Å². The number of carbonyl (C=O) groups excluding carboxylic acids is 1. The lowest BCUT2D eigenvalue weighted by atomic mass is 10.4.